The lowest BCUT2D eigenvalue weighted by molar-refractivity contribution is -0.143. The van der Waals surface area contributed by atoms with Gasteiger partial charge in [-0.1, -0.05) is 13.8 Å². The molecule has 0 aliphatic rings. The highest BCUT2D eigenvalue weighted by molar-refractivity contribution is 5.94. The van der Waals surface area contributed by atoms with Crippen LogP contribution in [0.1, 0.15) is 51.6 Å². The van der Waals surface area contributed by atoms with Crippen LogP contribution in [0.4, 0.5) is 0 Å². The summed E-state index contributed by atoms with van der Waals surface area (Å²) in [6.07, 6.45) is 2.15. The van der Waals surface area contributed by atoms with E-state index in [-0.39, 0.29) is 44.4 Å². The second-order valence-corrected chi connectivity index (χ2v) is 9.05. The van der Waals surface area contributed by atoms with E-state index in [0.717, 1.165) is 0 Å². The molecule has 15 heteroatoms. The molecule has 0 spiro atoms. The number of hydrogen-bond acceptors (Lipinski definition) is 8. The number of hydrogen-bond donors (Lipinski definition) is 8. The number of carboxylic acids is 1. The monoisotopic (exact) mass is 524 g/mol. The highest BCUT2D eigenvalue weighted by Crippen LogP contribution is 2.08. The Bertz CT molecular complexity index is 951. The maximum Gasteiger partial charge on any atom is 0.326 e. The molecule has 0 aliphatic carbocycles. The van der Waals surface area contributed by atoms with E-state index in [0.29, 0.717) is 5.69 Å². The zero-order chi connectivity index (χ0) is 28.1. The Morgan fingerprint density at radius 1 is 0.892 bits per heavy atom. The van der Waals surface area contributed by atoms with Crippen LogP contribution >= 0.6 is 0 Å². The first-order valence-electron chi connectivity index (χ1n) is 11.7. The van der Waals surface area contributed by atoms with Crippen LogP contribution < -0.4 is 33.2 Å². The van der Waals surface area contributed by atoms with Crippen molar-refractivity contribution in [3.63, 3.8) is 0 Å². The van der Waals surface area contributed by atoms with Crippen molar-refractivity contribution in [3.8, 4) is 0 Å². The number of H-pyrrole nitrogens is 1. The molecule has 4 atom stereocenters. The first kappa shape index (κ1) is 31.0. The van der Waals surface area contributed by atoms with Gasteiger partial charge in [-0.25, -0.2) is 9.78 Å². The van der Waals surface area contributed by atoms with Gasteiger partial charge in [0.05, 0.1) is 12.4 Å². The largest absolute Gasteiger partial charge is 0.480 e. The number of aliphatic carboxylic acids is 1. The molecule has 37 heavy (non-hydrogen) atoms. The van der Waals surface area contributed by atoms with Gasteiger partial charge in [0.1, 0.15) is 18.1 Å². The van der Waals surface area contributed by atoms with E-state index < -0.39 is 59.7 Å². The lowest BCUT2D eigenvalue weighted by Crippen LogP contribution is -2.57. The fourth-order valence-corrected chi connectivity index (χ4v) is 3.35. The van der Waals surface area contributed by atoms with Crippen molar-refractivity contribution in [1.82, 2.24) is 25.9 Å². The number of imidazole rings is 1. The first-order valence-corrected chi connectivity index (χ1v) is 11.7. The van der Waals surface area contributed by atoms with Gasteiger partial charge in [0, 0.05) is 31.2 Å². The average molecular weight is 525 g/mol. The van der Waals surface area contributed by atoms with E-state index in [1.165, 1.54) is 12.5 Å². The third-order valence-electron chi connectivity index (χ3n) is 5.28. The molecule has 0 bridgehead atoms. The molecule has 1 heterocycles. The van der Waals surface area contributed by atoms with Gasteiger partial charge in [0.2, 0.25) is 29.5 Å². The molecule has 1 aromatic rings. The number of amides is 5. The van der Waals surface area contributed by atoms with Crippen molar-refractivity contribution in [2.24, 2.45) is 23.1 Å². The Hall–Kier alpha value is -4.01. The van der Waals surface area contributed by atoms with E-state index in [2.05, 4.69) is 25.9 Å². The van der Waals surface area contributed by atoms with Crippen LogP contribution in [0.15, 0.2) is 12.5 Å². The molecular weight excluding hydrogens is 488 g/mol. The van der Waals surface area contributed by atoms with Gasteiger partial charge < -0.3 is 43.2 Å². The van der Waals surface area contributed by atoms with Crippen molar-refractivity contribution in [1.29, 1.82) is 0 Å². The minimum atomic E-state index is -1.35. The minimum Gasteiger partial charge on any atom is -0.480 e. The normalized spacial score (nSPS) is 14.2. The number of aromatic amines is 1. The van der Waals surface area contributed by atoms with Crippen LogP contribution in [0.2, 0.25) is 0 Å². The summed E-state index contributed by atoms with van der Waals surface area (Å²) in [5.74, 6) is -5.20. The number of primary amides is 2. The SMILES string of the molecule is CC(C)CC(NC(=O)C(CCC(N)=O)NC(=O)C(CCC(N)=O)NC(=O)C(N)Cc1cnc[nH]1)C(=O)O. The third-order valence-corrected chi connectivity index (χ3v) is 5.28. The molecule has 0 saturated heterocycles. The van der Waals surface area contributed by atoms with Crippen molar-refractivity contribution in [2.45, 2.75) is 76.5 Å². The Labute approximate surface area is 213 Å². The molecule has 15 nitrogen and oxygen atoms in total. The van der Waals surface area contributed by atoms with E-state index in [9.17, 15) is 33.9 Å². The summed E-state index contributed by atoms with van der Waals surface area (Å²) in [6.45, 7) is 3.55. The predicted octanol–water partition coefficient (Wildman–Crippen LogP) is -2.60. The molecular formula is C22H36N8O7. The highest BCUT2D eigenvalue weighted by atomic mass is 16.4. The van der Waals surface area contributed by atoms with E-state index >= 15 is 0 Å². The maximum atomic E-state index is 13.0. The van der Waals surface area contributed by atoms with Gasteiger partial charge in [-0.15, -0.1) is 0 Å². The maximum absolute atomic E-state index is 13.0. The summed E-state index contributed by atoms with van der Waals surface area (Å²) in [5.41, 5.74) is 16.9. The van der Waals surface area contributed by atoms with E-state index in [1.807, 2.05) is 0 Å². The lowest BCUT2D eigenvalue weighted by atomic mass is 10.0. The van der Waals surface area contributed by atoms with Gasteiger partial charge in [-0.05, 0) is 25.2 Å². The van der Waals surface area contributed by atoms with Crippen LogP contribution in [0, 0.1) is 5.92 Å². The Morgan fingerprint density at radius 2 is 1.38 bits per heavy atom. The molecule has 0 aromatic carbocycles. The molecule has 0 aliphatic heterocycles. The zero-order valence-corrected chi connectivity index (χ0v) is 20.9. The number of carbonyl (C=O) groups excluding carboxylic acids is 5. The second kappa shape index (κ2) is 15.2. The van der Waals surface area contributed by atoms with Crippen molar-refractivity contribution >= 4 is 35.5 Å². The number of carbonyl (C=O) groups is 6. The Kier molecular flexibility index (Phi) is 12.7. The number of nitrogens with one attached hydrogen (secondary N) is 4. The average Bonchev–Trinajstić information content (AvgIpc) is 3.30. The minimum absolute atomic E-state index is 0.0561. The summed E-state index contributed by atoms with van der Waals surface area (Å²) in [5, 5.41) is 16.6. The molecule has 1 rings (SSSR count). The standard InChI is InChI=1S/C22H36N8O7/c1-11(2)7-16(22(36)37)30-21(35)15(4-6-18(25)32)29-20(34)14(3-5-17(24)31)28-19(33)13(23)8-12-9-26-10-27-12/h9-11,13-16H,3-8,23H2,1-2H3,(H2,24,31)(H2,25,32)(H,26,27)(H,28,33)(H,29,34)(H,30,35)(H,36,37). The second-order valence-electron chi connectivity index (χ2n) is 9.05. The lowest BCUT2D eigenvalue weighted by Gasteiger charge is -2.25. The van der Waals surface area contributed by atoms with Gasteiger partial charge in [0.25, 0.3) is 0 Å². The fourth-order valence-electron chi connectivity index (χ4n) is 3.35. The van der Waals surface area contributed by atoms with Crippen LogP contribution in [0.5, 0.6) is 0 Å². The summed E-state index contributed by atoms with van der Waals surface area (Å²) >= 11 is 0. The fraction of sp³-hybridized carbons (Fsp3) is 0.591. The van der Waals surface area contributed by atoms with Gasteiger partial charge in [-0.3, -0.25) is 24.0 Å². The van der Waals surface area contributed by atoms with Crippen LogP contribution in [-0.4, -0.2) is 74.7 Å². The summed E-state index contributed by atoms with van der Waals surface area (Å²) in [4.78, 5) is 79.3. The quantitative estimate of drug-likeness (QED) is 0.106. The molecule has 4 unspecified atom stereocenters. The van der Waals surface area contributed by atoms with Crippen molar-refractivity contribution < 1.29 is 33.9 Å². The third kappa shape index (κ3) is 12.0. The number of carboxylic acid groups (broad SMARTS) is 1. The molecule has 0 saturated carbocycles. The summed E-state index contributed by atoms with van der Waals surface area (Å²) in [7, 11) is 0. The molecule has 206 valence electrons. The van der Waals surface area contributed by atoms with Crippen molar-refractivity contribution in [2.75, 3.05) is 0 Å². The van der Waals surface area contributed by atoms with Gasteiger partial charge in [0.15, 0.2) is 0 Å². The first-order chi connectivity index (χ1) is 17.3. The Morgan fingerprint density at radius 3 is 1.78 bits per heavy atom. The van der Waals surface area contributed by atoms with Crippen LogP contribution in [-0.2, 0) is 35.2 Å². The smallest absolute Gasteiger partial charge is 0.326 e. The number of aromatic nitrogens is 2. The summed E-state index contributed by atoms with van der Waals surface area (Å²) in [6, 6.07) is -4.94. The molecule has 0 fully saturated rings. The number of nitrogens with two attached hydrogens (primary N) is 3. The van der Waals surface area contributed by atoms with Crippen LogP contribution in [0.25, 0.3) is 0 Å². The molecule has 0 radical (unpaired) electrons. The highest BCUT2D eigenvalue weighted by Gasteiger charge is 2.31. The van der Waals surface area contributed by atoms with Gasteiger partial charge >= 0.3 is 5.97 Å². The summed E-state index contributed by atoms with van der Waals surface area (Å²) < 4.78 is 0. The van der Waals surface area contributed by atoms with E-state index in [4.69, 9.17) is 17.2 Å². The van der Waals surface area contributed by atoms with Crippen molar-refractivity contribution in [3.05, 3.63) is 18.2 Å². The molecule has 11 N–H and O–H groups in total. The van der Waals surface area contributed by atoms with E-state index in [1.54, 1.807) is 13.8 Å². The number of rotatable bonds is 17. The van der Waals surface area contributed by atoms with Crippen LogP contribution in [0.3, 0.4) is 0 Å². The Balaban J connectivity index is 3.01. The topological polar surface area (TPSA) is 265 Å². The molecule has 1 aromatic heterocycles. The zero-order valence-electron chi connectivity index (χ0n) is 20.9. The molecule has 5 amide bonds. The van der Waals surface area contributed by atoms with Gasteiger partial charge in [-0.2, -0.15) is 0 Å². The predicted molar refractivity (Wildman–Crippen MR) is 130 cm³/mol. The number of nitrogens with zero attached hydrogens (tertiary/aromatic N) is 1.